The van der Waals surface area contributed by atoms with Crippen LogP contribution in [0.4, 0.5) is 8.78 Å². The minimum absolute atomic E-state index is 0.0693. The van der Waals surface area contributed by atoms with Gasteiger partial charge >= 0.3 is 6.61 Å². The highest BCUT2D eigenvalue weighted by Gasteiger charge is 2.23. The summed E-state index contributed by atoms with van der Waals surface area (Å²) in [4.78, 5) is 28.8. The summed E-state index contributed by atoms with van der Waals surface area (Å²) in [5, 5.41) is 0.0437. The first-order valence-corrected chi connectivity index (χ1v) is 10.6. The topological polar surface area (TPSA) is 66.1 Å². The molecule has 6 nitrogen and oxygen atoms in total. The van der Waals surface area contributed by atoms with Gasteiger partial charge in [-0.25, -0.2) is 0 Å². The number of aromatic nitrogens is 3. The van der Waals surface area contributed by atoms with Crippen LogP contribution in [0.5, 0.6) is 5.75 Å². The van der Waals surface area contributed by atoms with Gasteiger partial charge in [0.1, 0.15) is 5.75 Å². The molecule has 2 heterocycles. The summed E-state index contributed by atoms with van der Waals surface area (Å²) < 4.78 is 32.9. The average molecular weight is 448 g/mol. The molecule has 0 amide bonds. The van der Waals surface area contributed by atoms with Crippen LogP contribution in [0, 0.1) is 13.8 Å². The van der Waals surface area contributed by atoms with E-state index >= 15 is 0 Å². The highest BCUT2D eigenvalue weighted by atomic mass is 32.2. The number of hydrogen-bond acceptors (Lipinski definition) is 5. The Labute approximate surface area is 182 Å². The molecule has 0 aliphatic carbocycles. The van der Waals surface area contributed by atoms with Crippen LogP contribution in [0.3, 0.4) is 0 Å². The van der Waals surface area contributed by atoms with E-state index in [1.807, 2.05) is 36.0 Å². The summed E-state index contributed by atoms with van der Waals surface area (Å²) in [6.45, 7) is 5.19. The number of ketones is 1. The van der Waals surface area contributed by atoms with E-state index in [-0.39, 0.29) is 17.1 Å². The van der Waals surface area contributed by atoms with Crippen molar-refractivity contribution in [2.24, 2.45) is 0 Å². The van der Waals surface area contributed by atoms with E-state index < -0.39 is 11.9 Å². The first-order valence-electron chi connectivity index (χ1n) is 9.73. The quantitative estimate of drug-likeness (QED) is 0.286. The van der Waals surface area contributed by atoms with Gasteiger partial charge < -0.3 is 13.9 Å². The van der Waals surface area contributed by atoms with Gasteiger partial charge in [0.2, 0.25) is 0 Å². The number of nitrogens with zero attached hydrogens (tertiary/aromatic N) is 3. The maximum absolute atomic E-state index is 13.2. The molecule has 0 fully saturated rings. The summed E-state index contributed by atoms with van der Waals surface area (Å²) in [6, 6.07) is 9.46. The average Bonchev–Trinajstić information content (AvgIpc) is 3.02. The number of benzene rings is 1. The van der Waals surface area contributed by atoms with E-state index in [0.717, 1.165) is 17.1 Å². The Morgan fingerprint density at radius 3 is 2.48 bits per heavy atom. The van der Waals surface area contributed by atoms with Crippen molar-refractivity contribution in [3.8, 4) is 11.4 Å². The molecular formula is C22H23F2N3O3S. The van der Waals surface area contributed by atoms with E-state index in [4.69, 9.17) is 0 Å². The first kappa shape index (κ1) is 22.7. The van der Waals surface area contributed by atoms with Crippen molar-refractivity contribution < 1.29 is 18.3 Å². The molecule has 0 radical (unpaired) electrons. The molecule has 164 valence electrons. The van der Waals surface area contributed by atoms with Crippen LogP contribution in [0.1, 0.15) is 35.6 Å². The van der Waals surface area contributed by atoms with Crippen molar-refractivity contribution >= 4 is 17.5 Å². The molecule has 0 aliphatic rings. The van der Waals surface area contributed by atoms with Gasteiger partial charge in [0.25, 0.3) is 5.56 Å². The largest absolute Gasteiger partial charge is 0.435 e. The molecule has 9 heteroatoms. The molecule has 0 saturated heterocycles. The van der Waals surface area contributed by atoms with Crippen molar-refractivity contribution in [2.45, 2.75) is 51.3 Å². The molecule has 31 heavy (non-hydrogen) atoms. The second-order valence-corrected chi connectivity index (χ2v) is 8.26. The predicted octanol–water partition coefficient (Wildman–Crippen LogP) is 4.64. The third kappa shape index (κ3) is 5.04. The predicted molar refractivity (Wildman–Crippen MR) is 116 cm³/mol. The lowest BCUT2D eigenvalue weighted by molar-refractivity contribution is -0.0498. The van der Waals surface area contributed by atoms with Gasteiger partial charge in [-0.05, 0) is 58.0 Å². The standard InChI is InChI=1S/C22H23F2N3O3S/c1-5-26-11-10-19(28)25-22(26)31-15(4)20(29)18-12-13(2)27(14(18)3)16-6-8-17(9-7-16)30-21(23)24/h6-12,15,21H,5H2,1-4H3. The van der Waals surface area contributed by atoms with E-state index in [2.05, 4.69) is 9.72 Å². The zero-order valence-electron chi connectivity index (χ0n) is 17.6. The number of ether oxygens (including phenoxy) is 1. The SMILES string of the molecule is CCn1ccc(=O)nc1SC(C)C(=O)c1cc(C)n(-c2ccc(OC(F)F)cc2)c1C. The van der Waals surface area contributed by atoms with Crippen molar-refractivity contribution in [2.75, 3.05) is 0 Å². The van der Waals surface area contributed by atoms with Gasteiger partial charge in [-0.3, -0.25) is 9.59 Å². The summed E-state index contributed by atoms with van der Waals surface area (Å²) in [5.41, 5.74) is 2.53. The normalized spacial score (nSPS) is 12.2. The smallest absolute Gasteiger partial charge is 0.387 e. The van der Waals surface area contributed by atoms with E-state index in [0.29, 0.717) is 17.3 Å². The number of Topliss-reactive ketones (excluding diaryl/α,β-unsaturated/α-hetero) is 1. The Bertz CT molecular complexity index is 1140. The highest BCUT2D eigenvalue weighted by molar-refractivity contribution is 8.00. The molecule has 3 aromatic rings. The molecule has 0 N–H and O–H groups in total. The molecule has 3 rings (SSSR count). The van der Waals surface area contributed by atoms with Gasteiger partial charge in [-0.15, -0.1) is 0 Å². The Morgan fingerprint density at radius 2 is 1.87 bits per heavy atom. The Balaban J connectivity index is 1.86. The van der Waals surface area contributed by atoms with Crippen LogP contribution in [0.2, 0.25) is 0 Å². The lowest BCUT2D eigenvalue weighted by Crippen LogP contribution is -2.18. The minimum atomic E-state index is -2.88. The highest BCUT2D eigenvalue weighted by Crippen LogP contribution is 2.28. The number of aryl methyl sites for hydroxylation is 2. The summed E-state index contributed by atoms with van der Waals surface area (Å²) in [7, 11) is 0. The van der Waals surface area contributed by atoms with Crippen molar-refractivity contribution in [1.29, 1.82) is 0 Å². The Morgan fingerprint density at radius 1 is 1.19 bits per heavy atom. The van der Waals surface area contributed by atoms with Crippen LogP contribution in [-0.2, 0) is 6.54 Å². The fourth-order valence-electron chi connectivity index (χ4n) is 3.36. The molecule has 0 aliphatic heterocycles. The van der Waals surface area contributed by atoms with Crippen LogP contribution in [-0.4, -0.2) is 31.8 Å². The molecule has 0 spiro atoms. The molecule has 1 aromatic carbocycles. The monoisotopic (exact) mass is 447 g/mol. The maximum Gasteiger partial charge on any atom is 0.387 e. The molecule has 0 saturated carbocycles. The second-order valence-electron chi connectivity index (χ2n) is 6.95. The number of thioether (sulfide) groups is 1. The number of rotatable bonds is 8. The lowest BCUT2D eigenvalue weighted by atomic mass is 10.1. The fourth-order valence-corrected chi connectivity index (χ4v) is 4.38. The summed E-state index contributed by atoms with van der Waals surface area (Å²) in [5.74, 6) is -0.0115. The fraction of sp³-hybridized carbons (Fsp3) is 0.318. The molecular weight excluding hydrogens is 424 g/mol. The van der Waals surface area contributed by atoms with Crippen LogP contribution >= 0.6 is 11.8 Å². The van der Waals surface area contributed by atoms with Crippen LogP contribution in [0.15, 0.2) is 52.5 Å². The molecule has 1 unspecified atom stereocenters. The zero-order valence-corrected chi connectivity index (χ0v) is 18.5. The Kier molecular flexibility index (Phi) is 6.94. The van der Waals surface area contributed by atoms with Crippen LogP contribution < -0.4 is 10.3 Å². The van der Waals surface area contributed by atoms with Crippen LogP contribution in [0.25, 0.3) is 5.69 Å². The van der Waals surface area contributed by atoms with E-state index in [1.165, 1.54) is 30.0 Å². The lowest BCUT2D eigenvalue weighted by Gasteiger charge is -2.14. The van der Waals surface area contributed by atoms with Crippen molar-refractivity contribution in [3.63, 3.8) is 0 Å². The molecule has 1 atom stereocenters. The van der Waals surface area contributed by atoms with Gasteiger partial charge in [-0.1, -0.05) is 11.8 Å². The van der Waals surface area contributed by atoms with Crippen molar-refractivity contribution in [3.05, 3.63) is 69.9 Å². The summed E-state index contributed by atoms with van der Waals surface area (Å²) in [6.07, 6.45) is 1.67. The number of halogens is 2. The number of carbonyl (C=O) groups excluding carboxylic acids is 1. The van der Waals surface area contributed by atoms with E-state index in [9.17, 15) is 18.4 Å². The zero-order chi connectivity index (χ0) is 22.7. The maximum atomic E-state index is 13.2. The second kappa shape index (κ2) is 9.47. The third-order valence-electron chi connectivity index (χ3n) is 4.86. The number of hydrogen-bond donors (Lipinski definition) is 0. The third-order valence-corrected chi connectivity index (χ3v) is 5.96. The van der Waals surface area contributed by atoms with E-state index in [1.54, 1.807) is 25.3 Å². The van der Waals surface area contributed by atoms with Crippen molar-refractivity contribution in [1.82, 2.24) is 14.1 Å². The number of alkyl halides is 2. The number of carbonyl (C=O) groups is 1. The van der Waals surface area contributed by atoms with Gasteiger partial charge in [0.05, 0.1) is 5.25 Å². The van der Waals surface area contributed by atoms with Gasteiger partial charge in [0, 0.05) is 41.4 Å². The minimum Gasteiger partial charge on any atom is -0.435 e. The van der Waals surface area contributed by atoms with Gasteiger partial charge in [-0.2, -0.15) is 13.8 Å². The molecule has 0 bridgehead atoms. The first-order chi connectivity index (χ1) is 14.7. The Hall–Kier alpha value is -2.94. The molecule has 2 aromatic heterocycles. The summed E-state index contributed by atoms with van der Waals surface area (Å²) >= 11 is 1.24. The van der Waals surface area contributed by atoms with Gasteiger partial charge in [0.15, 0.2) is 10.9 Å².